The van der Waals surface area contributed by atoms with Gasteiger partial charge in [-0.05, 0) is 43.7 Å². The van der Waals surface area contributed by atoms with E-state index < -0.39 is 0 Å². The summed E-state index contributed by atoms with van der Waals surface area (Å²) in [7, 11) is 0. The first-order valence-corrected chi connectivity index (χ1v) is 8.33. The van der Waals surface area contributed by atoms with Gasteiger partial charge in [-0.2, -0.15) is 0 Å². The Morgan fingerprint density at radius 2 is 2.04 bits per heavy atom. The molecule has 1 heterocycles. The number of hydrogen-bond acceptors (Lipinski definition) is 4. The van der Waals surface area contributed by atoms with Crippen LogP contribution < -0.4 is 10.6 Å². The van der Waals surface area contributed by atoms with Gasteiger partial charge in [-0.3, -0.25) is 4.79 Å². The van der Waals surface area contributed by atoms with Gasteiger partial charge in [-0.25, -0.2) is 4.98 Å². The summed E-state index contributed by atoms with van der Waals surface area (Å²) in [5.74, 6) is 1.02. The van der Waals surface area contributed by atoms with Gasteiger partial charge in [0.1, 0.15) is 5.82 Å². The topological polar surface area (TPSA) is 74.2 Å². The highest BCUT2D eigenvalue weighted by Crippen LogP contribution is 2.32. The van der Waals surface area contributed by atoms with Gasteiger partial charge in [-0.15, -0.1) is 0 Å². The Balaban J connectivity index is 1.60. The maximum atomic E-state index is 12.5. The van der Waals surface area contributed by atoms with E-state index in [0.717, 1.165) is 36.6 Å². The molecule has 0 unspecified atom stereocenters. The van der Waals surface area contributed by atoms with Crippen LogP contribution in [0.15, 0.2) is 30.3 Å². The van der Waals surface area contributed by atoms with Crippen molar-refractivity contribution in [1.29, 1.82) is 0 Å². The molecule has 2 aliphatic rings. The average molecular weight is 311 g/mol. The Morgan fingerprint density at radius 3 is 2.78 bits per heavy atom. The molecule has 1 amide bonds. The number of nitrogens with one attached hydrogen (secondary N) is 2. The number of aliphatic hydroxyl groups is 1. The van der Waals surface area contributed by atoms with Gasteiger partial charge in [0, 0.05) is 18.0 Å². The van der Waals surface area contributed by atoms with Crippen molar-refractivity contribution in [3.8, 4) is 0 Å². The number of aliphatic hydroxyl groups excluding tert-OH is 1. The van der Waals surface area contributed by atoms with E-state index in [2.05, 4.69) is 15.6 Å². The quantitative estimate of drug-likeness (QED) is 0.765. The van der Waals surface area contributed by atoms with Crippen LogP contribution in [0.25, 0.3) is 10.9 Å². The fourth-order valence-electron chi connectivity index (χ4n) is 2.80. The minimum atomic E-state index is -0.341. The molecular formula is C18H21N3O2. The van der Waals surface area contributed by atoms with Crippen molar-refractivity contribution >= 4 is 22.6 Å². The largest absolute Gasteiger partial charge is 0.391 e. The monoisotopic (exact) mass is 311 g/mol. The molecule has 1 aromatic heterocycles. The van der Waals surface area contributed by atoms with E-state index in [1.54, 1.807) is 6.07 Å². The van der Waals surface area contributed by atoms with Crippen LogP contribution in [0.2, 0.25) is 0 Å². The van der Waals surface area contributed by atoms with E-state index in [4.69, 9.17) is 0 Å². The van der Waals surface area contributed by atoms with Crippen molar-refractivity contribution in [2.75, 3.05) is 11.9 Å². The summed E-state index contributed by atoms with van der Waals surface area (Å²) in [5.41, 5.74) is 1.44. The third-order valence-electron chi connectivity index (χ3n) is 4.53. The van der Waals surface area contributed by atoms with Gasteiger partial charge >= 0.3 is 0 Å². The predicted molar refractivity (Wildman–Crippen MR) is 89.5 cm³/mol. The molecule has 4 rings (SSSR count). The summed E-state index contributed by atoms with van der Waals surface area (Å²) < 4.78 is 0. The zero-order valence-electron chi connectivity index (χ0n) is 13.0. The van der Waals surface area contributed by atoms with Crippen molar-refractivity contribution in [1.82, 2.24) is 10.3 Å². The highest BCUT2D eigenvalue weighted by molar-refractivity contribution is 6.07. The first kappa shape index (κ1) is 14.5. The molecular weight excluding hydrogens is 290 g/mol. The predicted octanol–water partition coefficient (Wildman–Crippen LogP) is 2.31. The molecule has 2 saturated carbocycles. The number of pyridine rings is 1. The fourth-order valence-corrected chi connectivity index (χ4v) is 2.80. The van der Waals surface area contributed by atoms with Gasteiger partial charge in [0.2, 0.25) is 0 Å². The van der Waals surface area contributed by atoms with Crippen molar-refractivity contribution in [3.05, 3.63) is 35.9 Å². The molecule has 1 aromatic carbocycles. The summed E-state index contributed by atoms with van der Waals surface area (Å²) in [6.07, 6.45) is 3.99. The summed E-state index contributed by atoms with van der Waals surface area (Å²) >= 11 is 0. The van der Waals surface area contributed by atoms with Crippen LogP contribution in [0.1, 0.15) is 36.0 Å². The maximum absolute atomic E-state index is 12.5. The first-order valence-electron chi connectivity index (χ1n) is 8.33. The third-order valence-corrected chi connectivity index (χ3v) is 4.53. The zero-order chi connectivity index (χ0) is 15.8. The summed E-state index contributed by atoms with van der Waals surface area (Å²) in [6.45, 7) is 0.472. The number of rotatable bonds is 6. The third kappa shape index (κ3) is 3.29. The number of anilines is 1. The van der Waals surface area contributed by atoms with E-state index >= 15 is 0 Å². The molecule has 2 fully saturated rings. The summed E-state index contributed by atoms with van der Waals surface area (Å²) in [5, 5.41) is 17.1. The van der Waals surface area contributed by atoms with Crippen LogP contribution in [0.4, 0.5) is 5.82 Å². The number of benzene rings is 1. The average Bonchev–Trinajstić information content (AvgIpc) is 3.45. The molecule has 0 bridgehead atoms. The lowest BCUT2D eigenvalue weighted by molar-refractivity contribution is 0.0952. The number of para-hydroxylation sites is 1. The lowest BCUT2D eigenvalue weighted by Gasteiger charge is -2.14. The smallest absolute Gasteiger partial charge is 0.252 e. The van der Waals surface area contributed by atoms with E-state index in [0.29, 0.717) is 29.9 Å². The Morgan fingerprint density at radius 1 is 1.26 bits per heavy atom. The Bertz CT molecular complexity index is 738. The standard InChI is InChI=1S/C18H21N3O2/c22-16(11-5-6-11)10-19-17-9-14(18(23)20-12-7-8-12)13-3-1-2-4-15(13)21-17/h1-4,9,11-12,16,22H,5-8,10H2,(H,19,21)(H,20,23)/t16-/m1/s1. The number of nitrogens with zero attached hydrogens (tertiary/aromatic N) is 1. The highest BCUT2D eigenvalue weighted by atomic mass is 16.3. The second kappa shape index (κ2) is 5.81. The molecule has 0 radical (unpaired) electrons. The van der Waals surface area contributed by atoms with Crippen LogP contribution in [-0.2, 0) is 0 Å². The number of amides is 1. The SMILES string of the molecule is O=C(NC1CC1)c1cc(NC[C@@H](O)C2CC2)nc2ccccc12. The normalized spacial score (nSPS) is 18.7. The number of carbonyl (C=O) groups excluding carboxylic acids is 1. The van der Waals surface area contributed by atoms with Gasteiger partial charge in [-0.1, -0.05) is 18.2 Å². The molecule has 0 aliphatic heterocycles. The molecule has 5 heteroatoms. The Labute approximate surface area is 135 Å². The molecule has 5 nitrogen and oxygen atoms in total. The van der Waals surface area contributed by atoms with Crippen molar-refractivity contribution in [3.63, 3.8) is 0 Å². The molecule has 0 saturated heterocycles. The molecule has 2 aliphatic carbocycles. The number of aromatic nitrogens is 1. The highest BCUT2D eigenvalue weighted by Gasteiger charge is 2.29. The molecule has 120 valence electrons. The van der Waals surface area contributed by atoms with Crippen molar-refractivity contribution in [2.24, 2.45) is 5.92 Å². The maximum Gasteiger partial charge on any atom is 0.252 e. The van der Waals surface area contributed by atoms with Crippen LogP contribution in [-0.4, -0.2) is 34.7 Å². The molecule has 1 atom stereocenters. The molecule has 23 heavy (non-hydrogen) atoms. The Kier molecular flexibility index (Phi) is 3.65. The van der Waals surface area contributed by atoms with E-state index in [9.17, 15) is 9.90 Å². The summed E-state index contributed by atoms with van der Waals surface area (Å²) in [4.78, 5) is 17.1. The second-order valence-electron chi connectivity index (χ2n) is 6.61. The summed E-state index contributed by atoms with van der Waals surface area (Å²) in [6, 6.07) is 9.78. The van der Waals surface area contributed by atoms with E-state index in [1.165, 1.54) is 0 Å². The zero-order valence-corrected chi connectivity index (χ0v) is 13.0. The van der Waals surface area contributed by atoms with Crippen LogP contribution in [0.3, 0.4) is 0 Å². The minimum Gasteiger partial charge on any atom is -0.391 e. The van der Waals surface area contributed by atoms with E-state index in [1.807, 2.05) is 24.3 Å². The minimum absolute atomic E-state index is 0.0445. The van der Waals surface area contributed by atoms with Crippen LogP contribution >= 0.6 is 0 Å². The van der Waals surface area contributed by atoms with E-state index in [-0.39, 0.29) is 12.0 Å². The molecule has 3 N–H and O–H groups in total. The van der Waals surface area contributed by atoms with Gasteiger partial charge in [0.25, 0.3) is 5.91 Å². The molecule has 0 spiro atoms. The van der Waals surface area contributed by atoms with Gasteiger partial charge in [0.05, 0.1) is 17.2 Å². The lowest BCUT2D eigenvalue weighted by atomic mass is 10.1. The van der Waals surface area contributed by atoms with Gasteiger partial charge in [0.15, 0.2) is 0 Å². The molecule has 2 aromatic rings. The number of hydrogen-bond donors (Lipinski definition) is 3. The van der Waals surface area contributed by atoms with Crippen LogP contribution in [0.5, 0.6) is 0 Å². The number of fused-ring (bicyclic) bond motifs is 1. The van der Waals surface area contributed by atoms with Crippen molar-refractivity contribution in [2.45, 2.75) is 37.8 Å². The van der Waals surface area contributed by atoms with Gasteiger partial charge < -0.3 is 15.7 Å². The van der Waals surface area contributed by atoms with Crippen molar-refractivity contribution < 1.29 is 9.90 Å². The number of carbonyl (C=O) groups is 1. The first-order chi connectivity index (χ1) is 11.2. The van der Waals surface area contributed by atoms with Crippen LogP contribution in [0, 0.1) is 5.92 Å². The Hall–Kier alpha value is -2.14. The second-order valence-corrected chi connectivity index (χ2v) is 6.61. The lowest BCUT2D eigenvalue weighted by Crippen LogP contribution is -2.26. The fraction of sp³-hybridized carbons (Fsp3) is 0.444.